The summed E-state index contributed by atoms with van der Waals surface area (Å²) in [5, 5.41) is 25.9. The second-order valence-corrected chi connectivity index (χ2v) is 10.1. The minimum atomic E-state index is -0.246. The van der Waals surface area contributed by atoms with Crippen LogP contribution in [0.4, 0.5) is 0 Å². The van der Waals surface area contributed by atoms with Gasteiger partial charge in [-0.2, -0.15) is 0 Å². The van der Waals surface area contributed by atoms with Crippen LogP contribution in [0.5, 0.6) is 11.5 Å². The number of morpholine rings is 1. The molecule has 2 heterocycles. The molecule has 4 aromatic rings. The first-order valence-electron chi connectivity index (χ1n) is 13.7. The number of hydrogen-bond donors (Lipinski definition) is 2. The summed E-state index contributed by atoms with van der Waals surface area (Å²) >= 11 is 0. The Morgan fingerprint density at radius 2 is 1.52 bits per heavy atom. The first kappa shape index (κ1) is 27.4. The SMILES string of the molecule is CCN(CC)C(=O)c1noc(-c2cc(-c3ccc(C)cc3)c(O)cc2O)c1-c1ccc(CN2CCOCC2)cc1. The van der Waals surface area contributed by atoms with Crippen molar-refractivity contribution in [3.05, 3.63) is 77.5 Å². The Morgan fingerprint density at radius 1 is 0.900 bits per heavy atom. The molecule has 0 radical (unpaired) electrons. The third-order valence-corrected chi connectivity index (χ3v) is 7.42. The fourth-order valence-corrected chi connectivity index (χ4v) is 5.07. The van der Waals surface area contributed by atoms with Gasteiger partial charge in [0.05, 0.1) is 24.3 Å². The van der Waals surface area contributed by atoms with Gasteiger partial charge in [0.2, 0.25) is 0 Å². The largest absolute Gasteiger partial charge is 0.507 e. The first-order chi connectivity index (χ1) is 19.4. The molecule has 1 fully saturated rings. The van der Waals surface area contributed by atoms with Gasteiger partial charge >= 0.3 is 0 Å². The molecule has 0 spiro atoms. The van der Waals surface area contributed by atoms with E-state index < -0.39 is 0 Å². The molecule has 1 aromatic heterocycles. The lowest BCUT2D eigenvalue weighted by Crippen LogP contribution is -2.35. The van der Waals surface area contributed by atoms with Crippen LogP contribution < -0.4 is 0 Å². The van der Waals surface area contributed by atoms with Crippen molar-refractivity contribution in [3.8, 4) is 45.1 Å². The topological polar surface area (TPSA) is 99.3 Å². The highest BCUT2D eigenvalue weighted by atomic mass is 16.5. The molecule has 1 saturated heterocycles. The molecule has 1 aliphatic rings. The summed E-state index contributed by atoms with van der Waals surface area (Å²) in [6.07, 6.45) is 0. The molecule has 8 heteroatoms. The number of nitrogens with zero attached hydrogens (tertiary/aromatic N) is 3. The number of benzene rings is 3. The average molecular weight is 542 g/mol. The van der Waals surface area contributed by atoms with Gasteiger partial charge in [0.1, 0.15) is 11.5 Å². The molecule has 8 nitrogen and oxygen atoms in total. The number of phenolic OH excluding ortho intramolecular Hbond substituents is 2. The molecule has 208 valence electrons. The lowest BCUT2D eigenvalue weighted by Gasteiger charge is -2.26. The third-order valence-electron chi connectivity index (χ3n) is 7.42. The van der Waals surface area contributed by atoms with E-state index in [1.54, 1.807) is 11.0 Å². The molecule has 5 rings (SSSR count). The standard InChI is InChI=1S/C32H35N3O5/c1-4-35(5-2)32(38)30-29(24-12-8-22(9-13-24)20-34-14-16-39-17-15-34)31(40-33-30)26-18-25(27(36)19-28(26)37)23-10-6-21(3)7-11-23/h6-13,18-19,36-37H,4-5,14-17,20H2,1-3H3. The summed E-state index contributed by atoms with van der Waals surface area (Å²) in [7, 11) is 0. The number of aromatic nitrogens is 1. The van der Waals surface area contributed by atoms with Gasteiger partial charge in [0.25, 0.3) is 5.91 Å². The van der Waals surface area contributed by atoms with Crippen LogP contribution in [0, 0.1) is 6.92 Å². The van der Waals surface area contributed by atoms with Crippen molar-refractivity contribution in [2.75, 3.05) is 39.4 Å². The second-order valence-electron chi connectivity index (χ2n) is 10.1. The van der Waals surface area contributed by atoms with Crippen LogP contribution in [0.15, 0.2) is 65.2 Å². The van der Waals surface area contributed by atoms with Crippen LogP contribution in [0.1, 0.15) is 35.5 Å². The molecule has 0 atom stereocenters. The summed E-state index contributed by atoms with van der Waals surface area (Å²) in [6, 6.07) is 18.7. The minimum absolute atomic E-state index is 0.0573. The Balaban J connectivity index is 1.60. The summed E-state index contributed by atoms with van der Waals surface area (Å²) in [5.41, 5.74) is 5.35. The second kappa shape index (κ2) is 11.9. The van der Waals surface area contributed by atoms with Gasteiger partial charge in [0, 0.05) is 44.4 Å². The number of amides is 1. The molecule has 2 N–H and O–H groups in total. The summed E-state index contributed by atoms with van der Waals surface area (Å²) < 4.78 is 11.3. The fraction of sp³-hybridized carbons (Fsp3) is 0.312. The maximum atomic E-state index is 13.5. The van der Waals surface area contributed by atoms with E-state index in [0.717, 1.165) is 55.1 Å². The average Bonchev–Trinajstić information content (AvgIpc) is 3.40. The van der Waals surface area contributed by atoms with E-state index >= 15 is 0 Å². The molecule has 1 aliphatic heterocycles. The number of ether oxygens (including phenoxy) is 1. The highest BCUT2D eigenvalue weighted by Crippen LogP contribution is 2.44. The predicted molar refractivity (Wildman–Crippen MR) is 154 cm³/mol. The van der Waals surface area contributed by atoms with Gasteiger partial charge in [-0.05, 0) is 43.5 Å². The lowest BCUT2D eigenvalue weighted by molar-refractivity contribution is 0.0342. The van der Waals surface area contributed by atoms with Gasteiger partial charge in [-0.3, -0.25) is 9.69 Å². The summed E-state index contributed by atoms with van der Waals surface area (Å²) in [6.45, 7) is 10.9. The summed E-state index contributed by atoms with van der Waals surface area (Å²) in [4.78, 5) is 17.6. The number of phenols is 2. The van der Waals surface area contributed by atoms with Crippen molar-refractivity contribution in [2.45, 2.75) is 27.3 Å². The molecule has 3 aromatic carbocycles. The van der Waals surface area contributed by atoms with Crippen LogP contribution >= 0.6 is 0 Å². The lowest BCUT2D eigenvalue weighted by atomic mass is 9.94. The highest BCUT2D eigenvalue weighted by Gasteiger charge is 2.29. The van der Waals surface area contributed by atoms with E-state index in [1.165, 1.54) is 6.07 Å². The smallest absolute Gasteiger partial charge is 0.276 e. The summed E-state index contributed by atoms with van der Waals surface area (Å²) in [5.74, 6) is -0.207. The Morgan fingerprint density at radius 3 is 2.17 bits per heavy atom. The number of aromatic hydroxyl groups is 2. The minimum Gasteiger partial charge on any atom is -0.507 e. The number of carbonyl (C=O) groups is 1. The van der Waals surface area contributed by atoms with Gasteiger partial charge in [-0.1, -0.05) is 59.3 Å². The quantitative estimate of drug-likeness (QED) is 0.295. The fourth-order valence-electron chi connectivity index (χ4n) is 5.07. The first-order valence-corrected chi connectivity index (χ1v) is 13.7. The molecule has 0 saturated carbocycles. The van der Waals surface area contributed by atoms with Gasteiger partial charge in [-0.25, -0.2) is 0 Å². The van der Waals surface area contributed by atoms with Crippen molar-refractivity contribution in [1.29, 1.82) is 0 Å². The Labute approximate surface area is 234 Å². The molecule has 40 heavy (non-hydrogen) atoms. The van der Waals surface area contributed by atoms with E-state index in [-0.39, 0.29) is 28.9 Å². The van der Waals surface area contributed by atoms with Crippen molar-refractivity contribution in [3.63, 3.8) is 0 Å². The van der Waals surface area contributed by atoms with Crippen LogP contribution in [-0.4, -0.2) is 70.5 Å². The zero-order valence-electron chi connectivity index (χ0n) is 23.2. The third kappa shape index (κ3) is 5.59. The Kier molecular flexibility index (Phi) is 8.19. The number of rotatable bonds is 8. The zero-order valence-corrected chi connectivity index (χ0v) is 23.2. The number of carbonyl (C=O) groups excluding carboxylic acids is 1. The van der Waals surface area contributed by atoms with Gasteiger partial charge in [0.15, 0.2) is 11.5 Å². The van der Waals surface area contributed by atoms with Crippen molar-refractivity contribution >= 4 is 5.91 Å². The molecule has 0 unspecified atom stereocenters. The molecule has 0 aliphatic carbocycles. The number of aryl methyl sites for hydroxylation is 1. The Bertz CT molecular complexity index is 1470. The molecular formula is C32H35N3O5. The van der Waals surface area contributed by atoms with Crippen molar-refractivity contribution in [1.82, 2.24) is 15.0 Å². The van der Waals surface area contributed by atoms with Crippen LogP contribution in [0.2, 0.25) is 0 Å². The van der Waals surface area contributed by atoms with E-state index in [0.29, 0.717) is 29.8 Å². The van der Waals surface area contributed by atoms with Crippen LogP contribution in [0.25, 0.3) is 33.6 Å². The maximum Gasteiger partial charge on any atom is 0.276 e. The van der Waals surface area contributed by atoms with Gasteiger partial charge < -0.3 is 24.4 Å². The van der Waals surface area contributed by atoms with Crippen molar-refractivity contribution < 1.29 is 24.3 Å². The maximum absolute atomic E-state index is 13.5. The van der Waals surface area contributed by atoms with E-state index in [2.05, 4.69) is 10.1 Å². The monoisotopic (exact) mass is 541 g/mol. The van der Waals surface area contributed by atoms with E-state index in [4.69, 9.17) is 9.26 Å². The highest BCUT2D eigenvalue weighted by molar-refractivity contribution is 6.03. The zero-order chi connectivity index (χ0) is 28.2. The van der Waals surface area contributed by atoms with E-state index in [9.17, 15) is 15.0 Å². The van der Waals surface area contributed by atoms with Crippen molar-refractivity contribution in [2.24, 2.45) is 0 Å². The molecule has 1 amide bonds. The normalized spacial score (nSPS) is 13.9. The van der Waals surface area contributed by atoms with E-state index in [1.807, 2.05) is 69.3 Å². The van der Waals surface area contributed by atoms with Gasteiger partial charge in [-0.15, -0.1) is 0 Å². The Hall–Kier alpha value is -4.14. The molecule has 0 bridgehead atoms. The van der Waals surface area contributed by atoms with Crippen LogP contribution in [0.3, 0.4) is 0 Å². The van der Waals surface area contributed by atoms with Crippen LogP contribution in [-0.2, 0) is 11.3 Å². The predicted octanol–water partition coefficient (Wildman–Crippen LogP) is 5.71. The molecular weight excluding hydrogens is 506 g/mol. The number of hydrogen-bond acceptors (Lipinski definition) is 7.